The van der Waals surface area contributed by atoms with Crippen molar-refractivity contribution in [3.8, 4) is 0 Å². The summed E-state index contributed by atoms with van der Waals surface area (Å²) < 4.78 is 0. The molecule has 0 atom stereocenters. The Morgan fingerprint density at radius 2 is 1.12 bits per heavy atom. The summed E-state index contributed by atoms with van der Waals surface area (Å²) in [6.07, 6.45) is 0. The van der Waals surface area contributed by atoms with E-state index in [0.717, 1.165) is 0 Å². The smallest absolute Gasteiger partial charge is 0.347 e. The Labute approximate surface area is 95.5 Å². The topological polar surface area (TPSA) is 156 Å². The molecule has 0 aliphatic carbocycles. The Morgan fingerprint density at radius 3 is 1.29 bits per heavy atom. The monoisotopic (exact) mass is 251 g/mol. The molecule has 0 aromatic rings. The zero-order valence-electron chi connectivity index (χ0n) is 8.74. The number of hydrogen-bond donors (Lipinski definition) is 5. The average molecular weight is 251 g/mol. The van der Waals surface area contributed by atoms with Crippen LogP contribution in [0.3, 0.4) is 0 Å². The van der Waals surface area contributed by atoms with Crippen molar-refractivity contribution in [3.63, 3.8) is 0 Å². The van der Waals surface area contributed by atoms with Gasteiger partial charge in [0.1, 0.15) is 0 Å². The summed E-state index contributed by atoms with van der Waals surface area (Å²) in [5.41, 5.74) is -3.22. The Balaban J connectivity index is 5.59. The van der Waals surface area contributed by atoms with Gasteiger partial charge in [-0.15, -0.1) is 0 Å². The van der Waals surface area contributed by atoms with Gasteiger partial charge >= 0.3 is 23.4 Å². The van der Waals surface area contributed by atoms with Crippen LogP contribution in [0.25, 0.3) is 0 Å². The number of carboxylic acids is 3. The Hall–Kier alpha value is -1.71. The lowest BCUT2D eigenvalue weighted by Gasteiger charge is -2.32. The van der Waals surface area contributed by atoms with Crippen molar-refractivity contribution in [1.82, 2.24) is 4.90 Å². The fraction of sp³-hybridized carbons (Fsp3) is 0.625. The van der Waals surface area contributed by atoms with Crippen LogP contribution in [0.1, 0.15) is 0 Å². The van der Waals surface area contributed by atoms with Crippen LogP contribution in [0, 0.1) is 0 Å². The van der Waals surface area contributed by atoms with Crippen LogP contribution in [0.5, 0.6) is 0 Å². The van der Waals surface area contributed by atoms with Crippen molar-refractivity contribution in [1.29, 1.82) is 0 Å². The van der Waals surface area contributed by atoms with Crippen LogP contribution < -0.4 is 0 Å². The lowest BCUT2D eigenvalue weighted by molar-refractivity contribution is -0.179. The zero-order chi connectivity index (χ0) is 13.6. The predicted octanol–water partition coefficient (Wildman–Crippen LogP) is -2.73. The van der Waals surface area contributed by atoms with Gasteiger partial charge in [-0.05, 0) is 0 Å². The quantitative estimate of drug-likeness (QED) is 0.289. The minimum Gasteiger partial charge on any atom is -0.479 e. The number of hydrogen-bond acceptors (Lipinski definition) is 6. The van der Waals surface area contributed by atoms with Crippen molar-refractivity contribution in [2.24, 2.45) is 0 Å². The van der Waals surface area contributed by atoms with E-state index in [4.69, 9.17) is 25.5 Å². The molecule has 0 amide bonds. The molecule has 0 unspecified atom stereocenters. The number of aliphatic hydroxyl groups is 2. The molecule has 0 aliphatic heterocycles. The molecule has 0 heterocycles. The Morgan fingerprint density at radius 1 is 0.824 bits per heavy atom. The Bertz CT molecular complexity index is 273. The van der Waals surface area contributed by atoms with Crippen LogP contribution >= 0.6 is 0 Å². The fourth-order valence-electron chi connectivity index (χ4n) is 1.37. The van der Waals surface area contributed by atoms with Gasteiger partial charge in [0.15, 0.2) is 0 Å². The van der Waals surface area contributed by atoms with Gasteiger partial charge in [-0.3, -0.25) is 4.90 Å². The third kappa shape index (κ3) is 2.70. The standard InChI is InChI=1S/C8H13NO8/c10-3-1-9(2-4-11)8(5(12)13,6(14)15)7(16)17/h10-11H,1-4H2,(H,12,13)(H,14,15)(H,16,17). The molecule has 0 radical (unpaired) electrons. The average Bonchev–Trinajstić information content (AvgIpc) is 2.17. The molecular formula is C8H13NO8. The first-order valence-corrected chi connectivity index (χ1v) is 4.52. The van der Waals surface area contributed by atoms with Gasteiger partial charge in [0.25, 0.3) is 0 Å². The van der Waals surface area contributed by atoms with Crippen LogP contribution in [-0.4, -0.2) is 80.2 Å². The number of nitrogens with zero attached hydrogens (tertiary/aromatic N) is 1. The zero-order valence-corrected chi connectivity index (χ0v) is 8.74. The summed E-state index contributed by atoms with van der Waals surface area (Å²) in [4.78, 5) is 33.3. The lowest BCUT2D eigenvalue weighted by atomic mass is 9.97. The minimum absolute atomic E-state index is 0.472. The molecule has 0 aromatic heterocycles. The van der Waals surface area contributed by atoms with Crippen molar-refractivity contribution in [3.05, 3.63) is 0 Å². The maximum absolute atomic E-state index is 10.9. The fourth-order valence-corrected chi connectivity index (χ4v) is 1.37. The number of rotatable bonds is 8. The number of β-amino-alcohol motifs (C(OH)–C–C–N with tert-alkyl or cyclic N) is 2. The number of aliphatic carboxylic acids is 3. The minimum atomic E-state index is -3.22. The van der Waals surface area contributed by atoms with Gasteiger partial charge in [0, 0.05) is 13.1 Å². The van der Waals surface area contributed by atoms with Crippen LogP contribution in [0.15, 0.2) is 0 Å². The summed E-state index contributed by atoms with van der Waals surface area (Å²) >= 11 is 0. The van der Waals surface area contributed by atoms with E-state index in [0.29, 0.717) is 4.90 Å². The SMILES string of the molecule is O=C(O)C(C(=O)O)(C(=O)O)N(CCO)CCO. The van der Waals surface area contributed by atoms with E-state index in [9.17, 15) is 14.4 Å². The first-order valence-electron chi connectivity index (χ1n) is 4.52. The van der Waals surface area contributed by atoms with Crippen molar-refractivity contribution < 1.29 is 39.9 Å². The van der Waals surface area contributed by atoms with Gasteiger partial charge in [0.2, 0.25) is 0 Å². The summed E-state index contributed by atoms with van der Waals surface area (Å²) in [5.74, 6) is -6.29. The molecule has 0 rings (SSSR count). The van der Waals surface area contributed by atoms with Gasteiger partial charge in [-0.1, -0.05) is 0 Å². The van der Waals surface area contributed by atoms with Crippen molar-refractivity contribution in [2.45, 2.75) is 5.54 Å². The van der Waals surface area contributed by atoms with Gasteiger partial charge in [-0.25, -0.2) is 14.4 Å². The highest BCUT2D eigenvalue weighted by atomic mass is 16.4. The number of aliphatic hydroxyl groups excluding tert-OH is 2. The molecular weight excluding hydrogens is 238 g/mol. The molecule has 0 saturated carbocycles. The van der Waals surface area contributed by atoms with E-state index in [2.05, 4.69) is 0 Å². The Kier molecular flexibility index (Phi) is 5.51. The van der Waals surface area contributed by atoms with Crippen molar-refractivity contribution >= 4 is 17.9 Å². The second-order valence-corrected chi connectivity index (χ2v) is 3.06. The summed E-state index contributed by atoms with van der Waals surface area (Å²) in [7, 11) is 0. The van der Waals surface area contributed by atoms with E-state index >= 15 is 0 Å². The van der Waals surface area contributed by atoms with Crippen molar-refractivity contribution in [2.75, 3.05) is 26.3 Å². The second-order valence-electron chi connectivity index (χ2n) is 3.06. The second kappa shape index (κ2) is 6.13. The highest BCUT2D eigenvalue weighted by Crippen LogP contribution is 2.17. The van der Waals surface area contributed by atoms with Crippen LogP contribution in [0.2, 0.25) is 0 Å². The lowest BCUT2D eigenvalue weighted by Crippen LogP contribution is -2.66. The summed E-state index contributed by atoms with van der Waals surface area (Å²) in [6, 6.07) is 0. The van der Waals surface area contributed by atoms with E-state index in [1.54, 1.807) is 0 Å². The van der Waals surface area contributed by atoms with E-state index in [1.165, 1.54) is 0 Å². The third-order valence-electron chi connectivity index (χ3n) is 2.14. The first-order chi connectivity index (χ1) is 7.85. The first kappa shape index (κ1) is 15.3. The highest BCUT2D eigenvalue weighted by molar-refractivity contribution is 6.21. The third-order valence-corrected chi connectivity index (χ3v) is 2.14. The maximum Gasteiger partial charge on any atom is 0.347 e. The molecule has 5 N–H and O–H groups in total. The summed E-state index contributed by atoms with van der Waals surface area (Å²) in [6.45, 7) is -2.30. The molecule has 9 nitrogen and oxygen atoms in total. The van der Waals surface area contributed by atoms with E-state index in [1.807, 2.05) is 0 Å². The molecule has 0 saturated heterocycles. The van der Waals surface area contributed by atoms with E-state index in [-0.39, 0.29) is 0 Å². The molecule has 0 aromatic carbocycles. The molecule has 0 aliphatic rings. The molecule has 0 fully saturated rings. The largest absolute Gasteiger partial charge is 0.479 e. The predicted molar refractivity (Wildman–Crippen MR) is 51.4 cm³/mol. The number of carboxylic acid groups (broad SMARTS) is 3. The maximum atomic E-state index is 10.9. The normalized spacial score (nSPS) is 11.5. The van der Waals surface area contributed by atoms with Gasteiger partial charge < -0.3 is 25.5 Å². The van der Waals surface area contributed by atoms with E-state index < -0.39 is 49.8 Å². The highest BCUT2D eigenvalue weighted by Gasteiger charge is 2.59. The van der Waals surface area contributed by atoms with Gasteiger partial charge in [-0.2, -0.15) is 0 Å². The molecule has 0 bridgehead atoms. The molecule has 9 heteroatoms. The molecule has 98 valence electrons. The van der Waals surface area contributed by atoms with Crippen LogP contribution in [0.4, 0.5) is 0 Å². The molecule has 0 spiro atoms. The molecule has 17 heavy (non-hydrogen) atoms. The number of carbonyl (C=O) groups is 3. The van der Waals surface area contributed by atoms with Gasteiger partial charge in [0.05, 0.1) is 13.2 Å². The summed E-state index contributed by atoms with van der Waals surface area (Å²) in [5, 5.41) is 43.8. The van der Waals surface area contributed by atoms with Crippen LogP contribution in [-0.2, 0) is 14.4 Å².